The molecule has 0 radical (unpaired) electrons. The van der Waals surface area contributed by atoms with Crippen molar-refractivity contribution >= 4 is 23.5 Å². The number of nitrogens with two attached hydrogens (primary N) is 1. The molecule has 0 saturated carbocycles. The van der Waals surface area contributed by atoms with Crippen molar-refractivity contribution in [1.82, 2.24) is 5.43 Å². The Morgan fingerprint density at radius 3 is 2.85 bits per heavy atom. The van der Waals surface area contributed by atoms with Crippen molar-refractivity contribution in [2.75, 3.05) is 11.5 Å². The fraction of sp³-hybridized carbons (Fsp3) is 0.778. The predicted octanol–water partition coefficient (Wildman–Crippen LogP) is 1.08. The van der Waals surface area contributed by atoms with Gasteiger partial charge in [0.15, 0.2) is 0 Å². The van der Waals surface area contributed by atoms with Gasteiger partial charge >= 0.3 is 0 Å². The van der Waals surface area contributed by atoms with E-state index in [2.05, 4.69) is 18.3 Å². The molecule has 0 aromatic carbocycles. The summed E-state index contributed by atoms with van der Waals surface area (Å²) in [5.74, 6) is 10.6. The van der Waals surface area contributed by atoms with Gasteiger partial charge in [0.2, 0.25) is 0 Å². The van der Waals surface area contributed by atoms with E-state index in [9.17, 15) is 0 Å². The van der Waals surface area contributed by atoms with E-state index in [1.54, 1.807) is 0 Å². The van der Waals surface area contributed by atoms with Crippen LogP contribution >= 0.6 is 23.5 Å². The van der Waals surface area contributed by atoms with Crippen LogP contribution in [0.1, 0.15) is 13.3 Å². The predicted molar refractivity (Wildman–Crippen MR) is 62.7 cm³/mol. The van der Waals surface area contributed by atoms with Crippen molar-refractivity contribution < 1.29 is 0 Å². The van der Waals surface area contributed by atoms with Crippen LogP contribution in [0.5, 0.6) is 0 Å². The molecule has 0 aromatic rings. The molecule has 0 amide bonds. The minimum atomic E-state index is 0.0164. The molecule has 0 bridgehead atoms. The lowest BCUT2D eigenvalue weighted by Gasteiger charge is -2.33. The second kappa shape index (κ2) is 5.82. The van der Waals surface area contributed by atoms with Crippen LogP contribution in [-0.4, -0.2) is 28.0 Å². The van der Waals surface area contributed by atoms with Crippen LogP contribution in [0.2, 0.25) is 0 Å². The van der Waals surface area contributed by atoms with Gasteiger partial charge in [0, 0.05) is 22.0 Å². The SMILES string of the molecule is C#CC(NN)C1SCCSC1CC. The zero-order chi connectivity index (χ0) is 9.68. The maximum Gasteiger partial charge on any atom is 0.0943 e. The molecule has 1 aliphatic rings. The van der Waals surface area contributed by atoms with Crippen molar-refractivity contribution in [3.8, 4) is 12.3 Å². The molecule has 3 N–H and O–H groups in total. The normalized spacial score (nSPS) is 30.8. The van der Waals surface area contributed by atoms with Gasteiger partial charge in [0.25, 0.3) is 0 Å². The Morgan fingerprint density at radius 1 is 1.62 bits per heavy atom. The standard InChI is InChI=1S/C9H16N2S2/c1-3-7(11-10)9-8(4-2)12-5-6-13-9/h1,7-9,11H,4-6,10H2,2H3. The minimum Gasteiger partial charge on any atom is -0.270 e. The summed E-state index contributed by atoms with van der Waals surface area (Å²) < 4.78 is 0. The maximum atomic E-state index is 5.42. The van der Waals surface area contributed by atoms with E-state index in [1.165, 1.54) is 17.9 Å². The zero-order valence-corrected chi connectivity index (χ0v) is 9.46. The largest absolute Gasteiger partial charge is 0.270 e. The molecular formula is C9H16N2S2. The quantitative estimate of drug-likeness (QED) is 0.421. The van der Waals surface area contributed by atoms with Gasteiger partial charge in [-0.2, -0.15) is 23.5 Å². The highest BCUT2D eigenvalue weighted by molar-refractivity contribution is 8.07. The molecule has 0 aliphatic carbocycles. The molecule has 2 nitrogen and oxygen atoms in total. The Hall–Kier alpha value is 0.180. The third kappa shape index (κ3) is 2.81. The van der Waals surface area contributed by atoms with Gasteiger partial charge in [-0.3, -0.25) is 5.84 Å². The van der Waals surface area contributed by atoms with E-state index >= 15 is 0 Å². The van der Waals surface area contributed by atoms with Gasteiger partial charge in [-0.25, -0.2) is 5.43 Å². The fourth-order valence-corrected chi connectivity index (χ4v) is 4.64. The van der Waals surface area contributed by atoms with Crippen LogP contribution < -0.4 is 11.3 Å². The molecule has 74 valence electrons. The second-order valence-corrected chi connectivity index (χ2v) is 5.60. The van der Waals surface area contributed by atoms with E-state index in [0.29, 0.717) is 10.5 Å². The molecule has 1 saturated heterocycles. The molecular weight excluding hydrogens is 200 g/mol. The molecule has 13 heavy (non-hydrogen) atoms. The number of hydrogen-bond acceptors (Lipinski definition) is 4. The van der Waals surface area contributed by atoms with E-state index < -0.39 is 0 Å². The summed E-state index contributed by atoms with van der Waals surface area (Å²) in [4.78, 5) is 0. The van der Waals surface area contributed by atoms with Gasteiger partial charge in [0.05, 0.1) is 6.04 Å². The van der Waals surface area contributed by atoms with Gasteiger partial charge in [-0.1, -0.05) is 12.8 Å². The summed E-state index contributed by atoms with van der Waals surface area (Å²) in [6, 6.07) is 0.0164. The highest BCUT2D eigenvalue weighted by atomic mass is 32.2. The molecule has 1 aliphatic heterocycles. The lowest BCUT2D eigenvalue weighted by atomic mass is 10.1. The Balaban J connectivity index is 2.58. The Kier molecular flexibility index (Phi) is 5.04. The lowest BCUT2D eigenvalue weighted by Crippen LogP contribution is -2.47. The van der Waals surface area contributed by atoms with Crippen LogP contribution in [0.4, 0.5) is 0 Å². The van der Waals surface area contributed by atoms with E-state index in [0.717, 1.165) is 0 Å². The maximum absolute atomic E-state index is 5.42. The first-order valence-electron chi connectivity index (χ1n) is 4.49. The summed E-state index contributed by atoms with van der Waals surface area (Å²) in [7, 11) is 0. The molecule has 3 atom stereocenters. The third-order valence-electron chi connectivity index (χ3n) is 2.18. The number of nitrogens with one attached hydrogen (secondary N) is 1. The van der Waals surface area contributed by atoms with Crippen molar-refractivity contribution in [3.05, 3.63) is 0 Å². The Bertz CT molecular complexity index is 191. The van der Waals surface area contributed by atoms with Crippen molar-refractivity contribution in [2.45, 2.75) is 29.9 Å². The summed E-state index contributed by atoms with van der Waals surface area (Å²) in [6.07, 6.45) is 6.58. The molecule has 4 heteroatoms. The van der Waals surface area contributed by atoms with Gasteiger partial charge < -0.3 is 0 Å². The van der Waals surface area contributed by atoms with Crippen LogP contribution in [0.15, 0.2) is 0 Å². The highest BCUT2D eigenvalue weighted by Gasteiger charge is 2.30. The monoisotopic (exact) mass is 216 g/mol. The zero-order valence-electron chi connectivity index (χ0n) is 7.82. The summed E-state index contributed by atoms with van der Waals surface area (Å²) in [5, 5.41) is 1.12. The molecule has 0 spiro atoms. The Labute approximate surface area is 88.8 Å². The summed E-state index contributed by atoms with van der Waals surface area (Å²) >= 11 is 3.97. The first kappa shape index (κ1) is 11.3. The van der Waals surface area contributed by atoms with Gasteiger partial charge in [0.1, 0.15) is 0 Å². The lowest BCUT2D eigenvalue weighted by molar-refractivity contribution is 0.583. The molecule has 3 unspecified atom stereocenters. The van der Waals surface area contributed by atoms with Gasteiger partial charge in [-0.15, -0.1) is 6.42 Å². The van der Waals surface area contributed by atoms with Gasteiger partial charge in [-0.05, 0) is 6.42 Å². The third-order valence-corrected chi connectivity index (χ3v) is 5.53. The topological polar surface area (TPSA) is 38.0 Å². The molecule has 1 rings (SSSR count). The second-order valence-electron chi connectivity index (χ2n) is 2.96. The van der Waals surface area contributed by atoms with Crippen molar-refractivity contribution in [2.24, 2.45) is 5.84 Å². The number of hydrogen-bond donors (Lipinski definition) is 2. The minimum absolute atomic E-state index is 0.0164. The van der Waals surface area contributed by atoms with Crippen molar-refractivity contribution in [1.29, 1.82) is 0 Å². The smallest absolute Gasteiger partial charge is 0.0943 e. The first-order valence-corrected chi connectivity index (χ1v) is 6.58. The van der Waals surface area contributed by atoms with Crippen LogP contribution in [-0.2, 0) is 0 Å². The highest BCUT2D eigenvalue weighted by Crippen LogP contribution is 2.34. The fourth-order valence-electron chi connectivity index (χ4n) is 1.48. The van der Waals surface area contributed by atoms with Crippen LogP contribution in [0.25, 0.3) is 0 Å². The average Bonchev–Trinajstić information content (AvgIpc) is 2.20. The molecule has 1 heterocycles. The molecule has 0 aromatic heterocycles. The summed E-state index contributed by atoms with van der Waals surface area (Å²) in [5.41, 5.74) is 2.72. The number of rotatable bonds is 3. The van der Waals surface area contributed by atoms with E-state index in [-0.39, 0.29) is 6.04 Å². The van der Waals surface area contributed by atoms with E-state index in [1.807, 2.05) is 23.5 Å². The Morgan fingerprint density at radius 2 is 2.31 bits per heavy atom. The van der Waals surface area contributed by atoms with Crippen LogP contribution in [0, 0.1) is 12.3 Å². The number of terminal acetylenes is 1. The summed E-state index contributed by atoms with van der Waals surface area (Å²) in [6.45, 7) is 2.21. The van der Waals surface area contributed by atoms with Crippen molar-refractivity contribution in [3.63, 3.8) is 0 Å². The number of thioether (sulfide) groups is 2. The van der Waals surface area contributed by atoms with E-state index in [4.69, 9.17) is 12.3 Å². The first-order chi connectivity index (χ1) is 6.33. The molecule has 1 fully saturated rings. The average molecular weight is 216 g/mol. The number of hydrazine groups is 1. The van der Waals surface area contributed by atoms with Crippen LogP contribution in [0.3, 0.4) is 0 Å².